The summed E-state index contributed by atoms with van der Waals surface area (Å²) >= 11 is 6.17. The predicted molar refractivity (Wildman–Crippen MR) is 66.2 cm³/mol. The van der Waals surface area contributed by atoms with E-state index in [0.717, 1.165) is 17.7 Å². The van der Waals surface area contributed by atoms with Crippen molar-refractivity contribution in [3.8, 4) is 17.2 Å². The van der Waals surface area contributed by atoms with E-state index in [1.54, 1.807) is 13.2 Å². The van der Waals surface area contributed by atoms with E-state index < -0.39 is 0 Å². The number of methoxy groups -OCH3 is 1. The Morgan fingerprint density at radius 3 is 2.94 bits per heavy atom. The van der Waals surface area contributed by atoms with Crippen LogP contribution in [0.1, 0.15) is 24.8 Å². The molecule has 4 nitrogen and oxygen atoms in total. The Bertz CT molecular complexity index is 419. The molecule has 1 aromatic carbocycles. The molecule has 0 radical (unpaired) electrons. The maximum absolute atomic E-state index is 6.17. The van der Waals surface area contributed by atoms with E-state index in [0.29, 0.717) is 23.1 Å². The molecule has 0 bridgehead atoms. The van der Waals surface area contributed by atoms with Gasteiger partial charge in [-0.05, 0) is 18.9 Å². The lowest BCUT2D eigenvalue weighted by Crippen LogP contribution is -2.07. The van der Waals surface area contributed by atoms with Crippen molar-refractivity contribution in [3.63, 3.8) is 0 Å². The summed E-state index contributed by atoms with van der Waals surface area (Å²) < 4.78 is 16.2. The zero-order valence-corrected chi connectivity index (χ0v) is 10.7. The van der Waals surface area contributed by atoms with Crippen LogP contribution in [0.25, 0.3) is 0 Å². The van der Waals surface area contributed by atoms with Gasteiger partial charge >= 0.3 is 0 Å². The summed E-state index contributed by atoms with van der Waals surface area (Å²) in [5.41, 5.74) is 6.54. The molecule has 1 heterocycles. The SMILES string of the molecule is COc1c(Cl)cc2c(c1C(C)CCN)OCO2. The van der Waals surface area contributed by atoms with Crippen LogP contribution in [0.4, 0.5) is 0 Å². The van der Waals surface area contributed by atoms with Crippen molar-refractivity contribution in [2.45, 2.75) is 19.3 Å². The van der Waals surface area contributed by atoms with Gasteiger partial charge in [-0.2, -0.15) is 0 Å². The summed E-state index contributed by atoms with van der Waals surface area (Å²) in [5.74, 6) is 2.27. The van der Waals surface area contributed by atoms with E-state index in [-0.39, 0.29) is 12.7 Å². The molecule has 94 valence electrons. The van der Waals surface area contributed by atoms with Gasteiger partial charge in [0.25, 0.3) is 0 Å². The van der Waals surface area contributed by atoms with Gasteiger partial charge in [-0.3, -0.25) is 0 Å². The van der Waals surface area contributed by atoms with E-state index in [9.17, 15) is 0 Å². The summed E-state index contributed by atoms with van der Waals surface area (Å²) in [7, 11) is 1.60. The lowest BCUT2D eigenvalue weighted by Gasteiger charge is -2.18. The number of rotatable bonds is 4. The molecule has 0 saturated heterocycles. The third-order valence-corrected chi connectivity index (χ3v) is 3.18. The van der Waals surface area contributed by atoms with Gasteiger partial charge in [0, 0.05) is 11.6 Å². The standard InChI is InChI=1S/C12H16ClNO3/c1-7(3-4-14)10-11(15-2)8(13)5-9-12(10)17-6-16-9/h5,7H,3-4,6,14H2,1-2H3. The second kappa shape index (κ2) is 5.02. The van der Waals surface area contributed by atoms with Crippen molar-refractivity contribution in [2.24, 2.45) is 5.73 Å². The van der Waals surface area contributed by atoms with Crippen molar-refractivity contribution >= 4 is 11.6 Å². The molecule has 0 aliphatic carbocycles. The maximum atomic E-state index is 6.17. The molecular weight excluding hydrogens is 242 g/mol. The van der Waals surface area contributed by atoms with Crippen molar-refractivity contribution in [3.05, 3.63) is 16.7 Å². The van der Waals surface area contributed by atoms with Crippen LogP contribution in [0.2, 0.25) is 5.02 Å². The van der Waals surface area contributed by atoms with Gasteiger partial charge in [0.15, 0.2) is 11.5 Å². The molecular formula is C12H16ClNO3. The Morgan fingerprint density at radius 1 is 1.53 bits per heavy atom. The minimum absolute atomic E-state index is 0.212. The first-order valence-electron chi connectivity index (χ1n) is 5.55. The fraction of sp³-hybridized carbons (Fsp3) is 0.500. The van der Waals surface area contributed by atoms with E-state index >= 15 is 0 Å². The summed E-state index contributed by atoms with van der Waals surface area (Å²) in [5, 5.41) is 0.538. The van der Waals surface area contributed by atoms with Crippen molar-refractivity contribution in [2.75, 3.05) is 20.4 Å². The Kier molecular flexibility index (Phi) is 3.64. The molecule has 17 heavy (non-hydrogen) atoms. The number of benzene rings is 1. The highest BCUT2D eigenvalue weighted by Crippen LogP contribution is 2.48. The number of hydrogen-bond donors (Lipinski definition) is 1. The van der Waals surface area contributed by atoms with Crippen molar-refractivity contribution in [1.29, 1.82) is 0 Å². The molecule has 0 amide bonds. The normalized spacial score (nSPS) is 14.8. The highest BCUT2D eigenvalue weighted by Gasteiger charge is 2.27. The molecule has 0 fully saturated rings. The Balaban J connectivity index is 2.53. The highest BCUT2D eigenvalue weighted by atomic mass is 35.5. The first kappa shape index (κ1) is 12.3. The second-order valence-electron chi connectivity index (χ2n) is 4.02. The van der Waals surface area contributed by atoms with E-state index in [1.807, 2.05) is 0 Å². The molecule has 1 aliphatic heterocycles. The van der Waals surface area contributed by atoms with Gasteiger partial charge in [0.2, 0.25) is 6.79 Å². The van der Waals surface area contributed by atoms with Crippen LogP contribution in [-0.2, 0) is 0 Å². The first-order chi connectivity index (χ1) is 8.19. The Hall–Kier alpha value is -1.13. The van der Waals surface area contributed by atoms with Crippen LogP contribution in [-0.4, -0.2) is 20.4 Å². The minimum Gasteiger partial charge on any atom is -0.495 e. The largest absolute Gasteiger partial charge is 0.495 e. The van der Waals surface area contributed by atoms with Crippen LogP contribution >= 0.6 is 11.6 Å². The number of nitrogens with two attached hydrogens (primary N) is 1. The van der Waals surface area contributed by atoms with Gasteiger partial charge in [0.1, 0.15) is 5.75 Å². The maximum Gasteiger partial charge on any atom is 0.231 e. The van der Waals surface area contributed by atoms with Crippen LogP contribution < -0.4 is 19.9 Å². The average Bonchev–Trinajstić information content (AvgIpc) is 2.74. The quantitative estimate of drug-likeness (QED) is 0.901. The summed E-state index contributed by atoms with van der Waals surface area (Å²) in [6, 6.07) is 1.72. The third kappa shape index (κ3) is 2.15. The van der Waals surface area contributed by atoms with Crippen molar-refractivity contribution in [1.82, 2.24) is 0 Å². The fourth-order valence-corrected chi connectivity index (χ4v) is 2.35. The first-order valence-corrected chi connectivity index (χ1v) is 5.92. The molecule has 2 N–H and O–H groups in total. The van der Waals surface area contributed by atoms with E-state index in [2.05, 4.69) is 6.92 Å². The van der Waals surface area contributed by atoms with E-state index in [4.69, 9.17) is 31.5 Å². The molecule has 1 unspecified atom stereocenters. The van der Waals surface area contributed by atoms with Crippen LogP contribution in [0.5, 0.6) is 17.2 Å². The number of halogens is 1. The molecule has 1 aromatic rings. The second-order valence-corrected chi connectivity index (χ2v) is 4.42. The monoisotopic (exact) mass is 257 g/mol. The van der Waals surface area contributed by atoms with Crippen LogP contribution in [0.15, 0.2) is 6.07 Å². The van der Waals surface area contributed by atoms with Gasteiger partial charge in [-0.15, -0.1) is 0 Å². The van der Waals surface area contributed by atoms with Gasteiger partial charge in [-0.1, -0.05) is 18.5 Å². The number of hydrogen-bond acceptors (Lipinski definition) is 4. The summed E-state index contributed by atoms with van der Waals surface area (Å²) in [4.78, 5) is 0. The smallest absolute Gasteiger partial charge is 0.231 e. The lowest BCUT2D eigenvalue weighted by atomic mass is 9.95. The number of ether oxygens (including phenoxy) is 3. The topological polar surface area (TPSA) is 53.7 Å². The van der Waals surface area contributed by atoms with Crippen molar-refractivity contribution < 1.29 is 14.2 Å². The molecule has 0 spiro atoms. The third-order valence-electron chi connectivity index (χ3n) is 2.90. The van der Waals surface area contributed by atoms with Crippen LogP contribution in [0, 0.1) is 0 Å². The Labute approximate surface area is 106 Å². The summed E-state index contributed by atoms with van der Waals surface area (Å²) in [6.45, 7) is 2.90. The molecule has 2 rings (SSSR count). The minimum atomic E-state index is 0.212. The molecule has 5 heteroatoms. The fourth-order valence-electron chi connectivity index (χ4n) is 2.07. The lowest BCUT2D eigenvalue weighted by molar-refractivity contribution is 0.172. The predicted octanol–water partition coefficient (Wildman–Crippen LogP) is 2.53. The molecule has 1 atom stereocenters. The van der Waals surface area contributed by atoms with E-state index in [1.165, 1.54) is 0 Å². The average molecular weight is 258 g/mol. The Morgan fingerprint density at radius 2 is 2.29 bits per heavy atom. The zero-order valence-electron chi connectivity index (χ0n) is 9.96. The van der Waals surface area contributed by atoms with Gasteiger partial charge in [-0.25, -0.2) is 0 Å². The molecule has 0 saturated carbocycles. The highest BCUT2D eigenvalue weighted by molar-refractivity contribution is 6.32. The summed E-state index contributed by atoms with van der Waals surface area (Å²) in [6.07, 6.45) is 0.840. The van der Waals surface area contributed by atoms with Crippen LogP contribution in [0.3, 0.4) is 0 Å². The molecule has 0 aromatic heterocycles. The number of fused-ring (bicyclic) bond motifs is 1. The molecule has 1 aliphatic rings. The van der Waals surface area contributed by atoms with Gasteiger partial charge in [0.05, 0.1) is 12.1 Å². The van der Waals surface area contributed by atoms with Gasteiger partial charge < -0.3 is 19.9 Å². The zero-order chi connectivity index (χ0) is 12.4.